The van der Waals surface area contributed by atoms with Gasteiger partial charge in [-0.05, 0) is 48.6 Å². The first kappa shape index (κ1) is 17.4. The molecular formula is C13H22BrN3O2S2. The van der Waals surface area contributed by atoms with Crippen LogP contribution in [0.4, 0.5) is 0 Å². The van der Waals surface area contributed by atoms with E-state index in [0.29, 0.717) is 28.3 Å². The number of sulfonamides is 1. The summed E-state index contributed by atoms with van der Waals surface area (Å²) >= 11 is 4.91. The van der Waals surface area contributed by atoms with E-state index in [-0.39, 0.29) is 0 Å². The zero-order valence-electron chi connectivity index (χ0n) is 12.4. The van der Waals surface area contributed by atoms with Crippen LogP contribution in [0, 0.1) is 0 Å². The van der Waals surface area contributed by atoms with Crippen LogP contribution in [0.25, 0.3) is 0 Å². The number of hydrogen-bond acceptors (Lipinski definition) is 5. The van der Waals surface area contributed by atoms with Gasteiger partial charge in [-0.15, -0.1) is 11.3 Å². The fourth-order valence-electron chi connectivity index (χ4n) is 2.31. The number of thiophene rings is 1. The Balaban J connectivity index is 2.20. The van der Waals surface area contributed by atoms with Gasteiger partial charge in [0.25, 0.3) is 0 Å². The van der Waals surface area contributed by atoms with Gasteiger partial charge in [0.15, 0.2) is 0 Å². The maximum atomic E-state index is 12.8. The molecule has 0 aromatic carbocycles. The Morgan fingerprint density at radius 2 is 2.10 bits per heavy atom. The Hall–Kier alpha value is 0.01000. The van der Waals surface area contributed by atoms with Crippen LogP contribution in [0.2, 0.25) is 0 Å². The summed E-state index contributed by atoms with van der Waals surface area (Å²) < 4.78 is 27.9. The largest absolute Gasteiger partial charge is 0.312 e. The van der Waals surface area contributed by atoms with Crippen molar-refractivity contribution in [3.8, 4) is 0 Å². The van der Waals surface area contributed by atoms with E-state index in [1.807, 2.05) is 14.0 Å². The summed E-state index contributed by atoms with van der Waals surface area (Å²) in [5.41, 5.74) is 0. The molecule has 0 bridgehead atoms. The van der Waals surface area contributed by atoms with Gasteiger partial charge >= 0.3 is 0 Å². The summed E-state index contributed by atoms with van der Waals surface area (Å²) in [7, 11) is -1.37. The molecule has 0 radical (unpaired) electrons. The van der Waals surface area contributed by atoms with Crippen molar-refractivity contribution in [3.05, 3.63) is 14.7 Å². The van der Waals surface area contributed by atoms with Crippen LogP contribution in [0.5, 0.6) is 0 Å². The van der Waals surface area contributed by atoms with Crippen molar-refractivity contribution >= 4 is 37.3 Å². The first-order chi connectivity index (χ1) is 9.95. The highest BCUT2D eigenvalue weighted by atomic mass is 79.9. The van der Waals surface area contributed by atoms with Gasteiger partial charge in [-0.1, -0.05) is 6.92 Å². The molecule has 2 rings (SSSR count). The molecule has 8 heteroatoms. The van der Waals surface area contributed by atoms with E-state index in [9.17, 15) is 8.42 Å². The standard InChI is InChI=1S/C13H22BrN3O2S2/c1-3-15-10-11-9-12(13(14)20-11)21(18,19)17-6-4-5-16(2)7-8-17/h9,15H,3-8,10H2,1-2H3. The lowest BCUT2D eigenvalue weighted by molar-refractivity contribution is 0.347. The van der Waals surface area contributed by atoms with Crippen molar-refractivity contribution in [3.63, 3.8) is 0 Å². The third kappa shape index (κ3) is 4.27. The molecule has 120 valence electrons. The SMILES string of the molecule is CCNCc1cc(S(=O)(=O)N2CCCN(C)CC2)c(Br)s1. The zero-order valence-corrected chi connectivity index (χ0v) is 15.7. The van der Waals surface area contributed by atoms with Gasteiger partial charge in [0.1, 0.15) is 4.90 Å². The van der Waals surface area contributed by atoms with E-state index < -0.39 is 10.0 Å². The van der Waals surface area contributed by atoms with Gasteiger partial charge in [0, 0.05) is 31.1 Å². The maximum Gasteiger partial charge on any atom is 0.245 e. The molecule has 0 unspecified atom stereocenters. The third-order valence-corrected chi connectivity index (χ3v) is 7.70. The van der Waals surface area contributed by atoms with E-state index in [1.54, 1.807) is 10.4 Å². The van der Waals surface area contributed by atoms with Gasteiger partial charge in [-0.2, -0.15) is 4.31 Å². The van der Waals surface area contributed by atoms with Crippen LogP contribution in [0.1, 0.15) is 18.2 Å². The number of halogens is 1. The first-order valence-corrected chi connectivity index (χ1v) is 10.2. The molecule has 0 aliphatic carbocycles. The second kappa shape index (κ2) is 7.52. The van der Waals surface area contributed by atoms with Gasteiger partial charge in [0.2, 0.25) is 10.0 Å². The van der Waals surface area contributed by atoms with Gasteiger partial charge < -0.3 is 10.2 Å². The molecule has 5 nitrogen and oxygen atoms in total. The second-order valence-electron chi connectivity index (χ2n) is 5.19. The normalized spacial score (nSPS) is 18.8. The molecule has 0 atom stereocenters. The molecule has 1 aromatic rings. The number of hydrogen-bond donors (Lipinski definition) is 1. The quantitative estimate of drug-likeness (QED) is 0.827. The lowest BCUT2D eigenvalue weighted by atomic mass is 10.4. The number of nitrogens with zero attached hydrogens (tertiary/aromatic N) is 2. The van der Waals surface area contributed by atoms with Crippen molar-refractivity contribution in [1.82, 2.24) is 14.5 Å². The fourth-order valence-corrected chi connectivity index (χ4v) is 6.38. The van der Waals surface area contributed by atoms with Crippen LogP contribution in [-0.2, 0) is 16.6 Å². The predicted octanol–water partition coefficient (Wildman–Crippen LogP) is 1.95. The van der Waals surface area contributed by atoms with Crippen molar-refractivity contribution in [2.24, 2.45) is 0 Å². The Morgan fingerprint density at radius 1 is 1.33 bits per heavy atom. The molecule has 1 aliphatic rings. The molecule has 1 fully saturated rings. The Morgan fingerprint density at radius 3 is 2.81 bits per heavy atom. The maximum absolute atomic E-state index is 12.8. The lowest BCUT2D eigenvalue weighted by Crippen LogP contribution is -2.34. The second-order valence-corrected chi connectivity index (χ2v) is 9.55. The predicted molar refractivity (Wildman–Crippen MR) is 90.3 cm³/mol. The molecule has 1 aliphatic heterocycles. The van der Waals surface area contributed by atoms with E-state index >= 15 is 0 Å². The van der Waals surface area contributed by atoms with Gasteiger partial charge in [-0.3, -0.25) is 0 Å². The molecule has 1 saturated heterocycles. The first-order valence-electron chi connectivity index (χ1n) is 7.12. The summed E-state index contributed by atoms with van der Waals surface area (Å²) in [4.78, 5) is 3.62. The van der Waals surface area contributed by atoms with Crippen LogP contribution in [0.15, 0.2) is 14.7 Å². The van der Waals surface area contributed by atoms with Crippen LogP contribution in [-0.4, -0.2) is 57.4 Å². The molecule has 1 N–H and O–H groups in total. The minimum atomic E-state index is -3.40. The molecule has 0 saturated carbocycles. The summed E-state index contributed by atoms with van der Waals surface area (Å²) in [6.07, 6.45) is 0.877. The Bertz CT molecular complexity index is 574. The number of nitrogens with one attached hydrogen (secondary N) is 1. The van der Waals surface area contributed by atoms with E-state index in [0.717, 1.165) is 30.9 Å². The highest BCUT2D eigenvalue weighted by Crippen LogP contribution is 2.33. The highest BCUT2D eigenvalue weighted by Gasteiger charge is 2.29. The van der Waals surface area contributed by atoms with Gasteiger partial charge in [-0.25, -0.2) is 8.42 Å². The van der Waals surface area contributed by atoms with Crippen LogP contribution >= 0.6 is 27.3 Å². The Kier molecular flexibility index (Phi) is 6.22. The number of rotatable bonds is 5. The zero-order chi connectivity index (χ0) is 15.5. The van der Waals surface area contributed by atoms with E-state index in [1.165, 1.54) is 11.3 Å². The topological polar surface area (TPSA) is 52.7 Å². The van der Waals surface area contributed by atoms with Gasteiger partial charge in [0.05, 0.1) is 3.79 Å². The van der Waals surface area contributed by atoms with E-state index in [4.69, 9.17) is 0 Å². The number of likely N-dealkylation sites (N-methyl/N-ethyl adjacent to an activating group) is 1. The summed E-state index contributed by atoms with van der Waals surface area (Å²) in [5.74, 6) is 0. The van der Waals surface area contributed by atoms with Crippen molar-refractivity contribution in [1.29, 1.82) is 0 Å². The third-order valence-electron chi connectivity index (χ3n) is 3.55. The minimum Gasteiger partial charge on any atom is -0.312 e. The van der Waals surface area contributed by atoms with E-state index in [2.05, 4.69) is 26.1 Å². The Labute approximate surface area is 139 Å². The molecular weight excluding hydrogens is 374 g/mol. The minimum absolute atomic E-state index is 0.407. The van der Waals surface area contributed by atoms with Crippen molar-refractivity contribution in [2.45, 2.75) is 24.8 Å². The summed E-state index contributed by atoms with van der Waals surface area (Å²) in [5, 5.41) is 3.23. The van der Waals surface area contributed by atoms with Crippen LogP contribution in [0.3, 0.4) is 0 Å². The average molecular weight is 396 g/mol. The molecule has 1 aromatic heterocycles. The van der Waals surface area contributed by atoms with Crippen LogP contribution < -0.4 is 5.32 Å². The van der Waals surface area contributed by atoms with Crippen molar-refractivity contribution in [2.75, 3.05) is 39.8 Å². The molecule has 0 amide bonds. The fraction of sp³-hybridized carbons (Fsp3) is 0.692. The molecule has 0 spiro atoms. The average Bonchev–Trinajstić information content (AvgIpc) is 2.66. The monoisotopic (exact) mass is 395 g/mol. The smallest absolute Gasteiger partial charge is 0.245 e. The highest BCUT2D eigenvalue weighted by molar-refractivity contribution is 9.11. The molecule has 21 heavy (non-hydrogen) atoms. The summed E-state index contributed by atoms with van der Waals surface area (Å²) in [6.45, 7) is 6.50. The lowest BCUT2D eigenvalue weighted by Gasteiger charge is -2.19. The summed E-state index contributed by atoms with van der Waals surface area (Å²) in [6, 6.07) is 1.79. The molecule has 2 heterocycles. The van der Waals surface area contributed by atoms with Crippen molar-refractivity contribution < 1.29 is 8.42 Å².